The third-order valence-corrected chi connectivity index (χ3v) is 3.01. The Kier molecular flexibility index (Phi) is 6.76. The van der Waals surface area contributed by atoms with Crippen LogP contribution in [-0.4, -0.2) is 19.1 Å². The minimum absolute atomic E-state index is 0.127. The number of aryl methyl sites for hydroxylation is 1. The number of benzene rings is 1. The molecular weight excluding hydrogens is 250 g/mol. The molecular formula is C14H20ClNO2. The third-order valence-electron chi connectivity index (χ3n) is 2.61. The molecule has 0 aliphatic heterocycles. The van der Waals surface area contributed by atoms with Crippen molar-refractivity contribution in [3.63, 3.8) is 0 Å². The van der Waals surface area contributed by atoms with Crippen molar-refractivity contribution in [3.05, 3.63) is 34.3 Å². The number of rotatable bonds is 7. The van der Waals surface area contributed by atoms with E-state index in [1.807, 2.05) is 26.0 Å². The molecule has 0 aliphatic rings. The fourth-order valence-corrected chi connectivity index (χ4v) is 1.77. The van der Waals surface area contributed by atoms with Crippen molar-refractivity contribution in [2.75, 3.05) is 13.2 Å². The van der Waals surface area contributed by atoms with Gasteiger partial charge in [0, 0.05) is 18.0 Å². The number of ether oxygens (including phenoxy) is 1. The second kappa shape index (κ2) is 8.11. The molecule has 0 unspecified atom stereocenters. The van der Waals surface area contributed by atoms with Crippen molar-refractivity contribution in [3.8, 4) is 0 Å². The van der Waals surface area contributed by atoms with Gasteiger partial charge in [-0.05, 0) is 44.0 Å². The van der Waals surface area contributed by atoms with Gasteiger partial charge < -0.3 is 10.1 Å². The molecule has 100 valence electrons. The first-order valence-electron chi connectivity index (χ1n) is 6.25. The van der Waals surface area contributed by atoms with Crippen molar-refractivity contribution in [1.82, 2.24) is 5.32 Å². The standard InChI is InChI=1S/C14H20ClNO2/c1-3-18-14(17)5-4-8-16-10-12-7-6-11(2)13(15)9-12/h6-7,9,16H,3-5,8,10H2,1-2H3. The van der Waals surface area contributed by atoms with Gasteiger partial charge in [-0.1, -0.05) is 23.7 Å². The molecule has 0 aliphatic carbocycles. The first-order chi connectivity index (χ1) is 8.63. The average molecular weight is 270 g/mol. The predicted molar refractivity (Wildman–Crippen MR) is 73.8 cm³/mol. The zero-order valence-corrected chi connectivity index (χ0v) is 11.7. The van der Waals surface area contributed by atoms with Crippen LogP contribution in [0.15, 0.2) is 18.2 Å². The van der Waals surface area contributed by atoms with Crippen LogP contribution in [0.4, 0.5) is 0 Å². The van der Waals surface area contributed by atoms with Gasteiger partial charge in [0.05, 0.1) is 6.61 Å². The van der Waals surface area contributed by atoms with Crippen LogP contribution in [0.3, 0.4) is 0 Å². The summed E-state index contributed by atoms with van der Waals surface area (Å²) in [7, 11) is 0. The minimum atomic E-state index is -0.127. The van der Waals surface area contributed by atoms with Crippen molar-refractivity contribution in [2.24, 2.45) is 0 Å². The summed E-state index contributed by atoms with van der Waals surface area (Å²) in [5.74, 6) is -0.127. The Labute approximate surface area is 113 Å². The van der Waals surface area contributed by atoms with Gasteiger partial charge in [-0.25, -0.2) is 0 Å². The van der Waals surface area contributed by atoms with Crippen LogP contribution in [0, 0.1) is 6.92 Å². The fourth-order valence-electron chi connectivity index (χ4n) is 1.57. The molecule has 0 saturated heterocycles. The van der Waals surface area contributed by atoms with E-state index in [0.717, 1.165) is 35.7 Å². The number of hydrogen-bond acceptors (Lipinski definition) is 3. The van der Waals surface area contributed by atoms with E-state index < -0.39 is 0 Å². The number of halogens is 1. The van der Waals surface area contributed by atoms with Gasteiger partial charge in [-0.15, -0.1) is 0 Å². The smallest absolute Gasteiger partial charge is 0.305 e. The molecule has 0 fully saturated rings. The van der Waals surface area contributed by atoms with E-state index in [2.05, 4.69) is 11.4 Å². The van der Waals surface area contributed by atoms with E-state index >= 15 is 0 Å². The Morgan fingerprint density at radius 2 is 2.22 bits per heavy atom. The minimum Gasteiger partial charge on any atom is -0.466 e. The maximum atomic E-state index is 11.1. The van der Waals surface area contributed by atoms with E-state index in [0.29, 0.717) is 13.0 Å². The predicted octanol–water partition coefficient (Wildman–Crippen LogP) is 3.08. The third kappa shape index (κ3) is 5.52. The highest BCUT2D eigenvalue weighted by atomic mass is 35.5. The molecule has 0 bridgehead atoms. The fraction of sp³-hybridized carbons (Fsp3) is 0.500. The summed E-state index contributed by atoms with van der Waals surface area (Å²) in [5, 5.41) is 4.07. The van der Waals surface area contributed by atoms with Gasteiger partial charge in [0.2, 0.25) is 0 Å². The second-order valence-corrected chi connectivity index (χ2v) is 4.58. The Balaban J connectivity index is 2.18. The molecule has 0 amide bonds. The molecule has 1 rings (SSSR count). The van der Waals surface area contributed by atoms with Crippen LogP contribution in [-0.2, 0) is 16.1 Å². The normalized spacial score (nSPS) is 10.4. The summed E-state index contributed by atoms with van der Waals surface area (Å²) < 4.78 is 4.85. The molecule has 3 nitrogen and oxygen atoms in total. The van der Waals surface area contributed by atoms with Crippen molar-refractivity contribution >= 4 is 17.6 Å². The van der Waals surface area contributed by atoms with Crippen molar-refractivity contribution in [2.45, 2.75) is 33.2 Å². The number of carbonyl (C=O) groups is 1. The molecule has 4 heteroatoms. The van der Waals surface area contributed by atoms with Gasteiger partial charge in [0.1, 0.15) is 0 Å². The van der Waals surface area contributed by atoms with Crippen molar-refractivity contribution < 1.29 is 9.53 Å². The lowest BCUT2D eigenvalue weighted by Gasteiger charge is -2.06. The first kappa shape index (κ1) is 15.0. The molecule has 1 N–H and O–H groups in total. The molecule has 18 heavy (non-hydrogen) atoms. The van der Waals surface area contributed by atoms with Crippen LogP contribution >= 0.6 is 11.6 Å². The maximum Gasteiger partial charge on any atom is 0.305 e. The second-order valence-electron chi connectivity index (χ2n) is 4.17. The summed E-state index contributed by atoms with van der Waals surface area (Å²) in [6.07, 6.45) is 1.26. The monoisotopic (exact) mass is 269 g/mol. The summed E-state index contributed by atoms with van der Waals surface area (Å²) >= 11 is 6.04. The van der Waals surface area contributed by atoms with Crippen molar-refractivity contribution in [1.29, 1.82) is 0 Å². The van der Waals surface area contributed by atoms with Crippen LogP contribution < -0.4 is 5.32 Å². The van der Waals surface area contributed by atoms with Gasteiger partial charge in [0.15, 0.2) is 0 Å². The largest absolute Gasteiger partial charge is 0.466 e. The number of nitrogens with one attached hydrogen (secondary N) is 1. The van der Waals surface area contributed by atoms with E-state index in [1.54, 1.807) is 0 Å². The van der Waals surface area contributed by atoms with Crippen LogP contribution in [0.5, 0.6) is 0 Å². The van der Waals surface area contributed by atoms with Gasteiger partial charge in [-0.2, -0.15) is 0 Å². The Hall–Kier alpha value is -1.06. The lowest BCUT2D eigenvalue weighted by Crippen LogP contribution is -2.16. The molecule has 0 saturated carbocycles. The Morgan fingerprint density at radius 3 is 2.89 bits per heavy atom. The molecule has 0 spiro atoms. The molecule has 1 aromatic rings. The molecule has 0 aromatic heterocycles. The Bertz CT molecular complexity index is 393. The molecule has 0 atom stereocenters. The Morgan fingerprint density at radius 1 is 1.44 bits per heavy atom. The van der Waals surface area contributed by atoms with Gasteiger partial charge in [-0.3, -0.25) is 4.79 Å². The molecule has 1 aromatic carbocycles. The summed E-state index contributed by atoms with van der Waals surface area (Å²) in [4.78, 5) is 11.1. The van der Waals surface area contributed by atoms with E-state index in [4.69, 9.17) is 16.3 Å². The van der Waals surface area contributed by atoms with E-state index in [9.17, 15) is 4.79 Å². The lowest BCUT2D eigenvalue weighted by atomic mass is 10.1. The topological polar surface area (TPSA) is 38.3 Å². The van der Waals surface area contributed by atoms with E-state index in [-0.39, 0.29) is 5.97 Å². The quantitative estimate of drug-likeness (QED) is 0.611. The maximum absolute atomic E-state index is 11.1. The van der Waals surface area contributed by atoms with Crippen LogP contribution in [0.1, 0.15) is 30.9 Å². The molecule has 0 radical (unpaired) electrons. The SMILES string of the molecule is CCOC(=O)CCCNCc1ccc(C)c(Cl)c1. The highest BCUT2D eigenvalue weighted by Gasteiger charge is 2.01. The van der Waals surface area contributed by atoms with Gasteiger partial charge >= 0.3 is 5.97 Å². The van der Waals surface area contributed by atoms with Gasteiger partial charge in [0.25, 0.3) is 0 Å². The highest BCUT2D eigenvalue weighted by molar-refractivity contribution is 6.31. The summed E-state index contributed by atoms with van der Waals surface area (Å²) in [6.45, 7) is 5.82. The lowest BCUT2D eigenvalue weighted by molar-refractivity contribution is -0.143. The highest BCUT2D eigenvalue weighted by Crippen LogP contribution is 2.16. The first-order valence-corrected chi connectivity index (χ1v) is 6.62. The van der Waals surface area contributed by atoms with Crippen LogP contribution in [0.2, 0.25) is 5.02 Å². The zero-order valence-electron chi connectivity index (χ0n) is 11.0. The molecule has 0 heterocycles. The number of esters is 1. The van der Waals surface area contributed by atoms with E-state index in [1.165, 1.54) is 0 Å². The number of carbonyl (C=O) groups excluding carboxylic acids is 1. The number of hydrogen-bond donors (Lipinski definition) is 1. The average Bonchev–Trinajstić information content (AvgIpc) is 2.33. The van der Waals surface area contributed by atoms with Crippen LogP contribution in [0.25, 0.3) is 0 Å². The summed E-state index contributed by atoms with van der Waals surface area (Å²) in [6, 6.07) is 6.03. The summed E-state index contributed by atoms with van der Waals surface area (Å²) in [5.41, 5.74) is 2.24. The zero-order chi connectivity index (χ0) is 13.4.